The van der Waals surface area contributed by atoms with E-state index in [1.54, 1.807) is 42.4 Å². The molecule has 2 aromatic rings. The van der Waals surface area contributed by atoms with Crippen LogP contribution in [-0.4, -0.2) is 28.4 Å². The van der Waals surface area contributed by atoms with Gasteiger partial charge in [0.05, 0.1) is 19.6 Å². The van der Waals surface area contributed by atoms with Gasteiger partial charge in [-0.3, -0.25) is 9.59 Å². The molecular weight excluding hydrogens is 292 g/mol. The Balaban J connectivity index is 2.09. The van der Waals surface area contributed by atoms with E-state index in [1.165, 1.54) is 0 Å². The molecule has 1 amide bonds. The molecule has 1 aromatic carbocycles. The van der Waals surface area contributed by atoms with Crippen LogP contribution in [0.2, 0.25) is 0 Å². The van der Waals surface area contributed by atoms with E-state index < -0.39 is 0 Å². The number of benzene rings is 1. The Morgan fingerprint density at radius 1 is 1.17 bits per heavy atom. The molecule has 0 aliphatic heterocycles. The average Bonchev–Trinajstić information content (AvgIpc) is 3.09. The van der Waals surface area contributed by atoms with E-state index >= 15 is 0 Å². The highest BCUT2D eigenvalue weighted by Gasteiger charge is 2.14. The highest BCUT2D eigenvalue weighted by Crippen LogP contribution is 2.10. The second kappa shape index (κ2) is 8.58. The van der Waals surface area contributed by atoms with E-state index in [0.717, 1.165) is 5.56 Å². The number of nitrogens with zero attached hydrogens (tertiary/aromatic N) is 1. The van der Waals surface area contributed by atoms with Gasteiger partial charge >= 0.3 is 5.97 Å². The Kier molecular flexibility index (Phi) is 6.17. The van der Waals surface area contributed by atoms with Gasteiger partial charge in [-0.2, -0.15) is 0 Å². The molecule has 23 heavy (non-hydrogen) atoms. The maximum atomic E-state index is 12.5. The first-order valence-corrected chi connectivity index (χ1v) is 7.51. The van der Waals surface area contributed by atoms with Crippen LogP contribution < -0.4 is 0 Å². The Morgan fingerprint density at radius 3 is 2.61 bits per heavy atom. The lowest BCUT2D eigenvalue weighted by Gasteiger charge is -2.18. The zero-order valence-electron chi connectivity index (χ0n) is 13.1. The molecular formula is C18H20N2O3. The number of hydrogen-bond acceptors (Lipinski definition) is 3. The molecule has 2 rings (SSSR count). The molecule has 0 atom stereocenters. The normalized spacial score (nSPS) is 10.7. The largest absolute Gasteiger partial charge is 0.466 e. The van der Waals surface area contributed by atoms with Crippen LogP contribution in [0.15, 0.2) is 60.9 Å². The number of aromatic amines is 1. The predicted molar refractivity (Wildman–Crippen MR) is 87.5 cm³/mol. The van der Waals surface area contributed by atoms with Gasteiger partial charge < -0.3 is 14.6 Å². The predicted octanol–water partition coefficient (Wildman–Crippen LogP) is 3.12. The fourth-order valence-electron chi connectivity index (χ4n) is 2.09. The third-order valence-electron chi connectivity index (χ3n) is 3.16. The fraction of sp³-hybridized carbons (Fsp3) is 0.222. The number of ether oxygens (including phenoxy) is 1. The summed E-state index contributed by atoms with van der Waals surface area (Å²) in [5.41, 5.74) is 1.51. The van der Waals surface area contributed by atoms with Gasteiger partial charge in [-0.25, -0.2) is 0 Å². The van der Waals surface area contributed by atoms with E-state index in [9.17, 15) is 9.59 Å². The van der Waals surface area contributed by atoms with Crippen molar-refractivity contribution in [2.45, 2.75) is 19.9 Å². The van der Waals surface area contributed by atoms with Gasteiger partial charge in [-0.15, -0.1) is 0 Å². The zero-order valence-corrected chi connectivity index (χ0v) is 13.1. The molecule has 0 saturated heterocycles. The number of amides is 1. The minimum Gasteiger partial charge on any atom is -0.466 e. The Hall–Kier alpha value is -2.82. The molecule has 5 nitrogen and oxygen atoms in total. The first-order valence-electron chi connectivity index (χ1n) is 7.51. The third-order valence-corrected chi connectivity index (χ3v) is 3.16. The summed E-state index contributed by atoms with van der Waals surface area (Å²) >= 11 is 0. The first-order chi connectivity index (χ1) is 11.2. The topological polar surface area (TPSA) is 62.4 Å². The quantitative estimate of drug-likeness (QED) is 0.799. The first kappa shape index (κ1) is 16.5. The summed E-state index contributed by atoms with van der Waals surface area (Å²) in [4.78, 5) is 28.4. The van der Waals surface area contributed by atoms with Crippen molar-refractivity contribution in [3.8, 4) is 0 Å². The lowest BCUT2D eigenvalue weighted by atomic mass is 10.2. The lowest BCUT2D eigenvalue weighted by molar-refractivity contribution is -0.142. The number of aromatic nitrogens is 1. The van der Waals surface area contributed by atoms with E-state index in [2.05, 4.69) is 4.98 Å². The summed E-state index contributed by atoms with van der Waals surface area (Å²) in [5, 5.41) is 0. The number of esters is 1. The molecule has 120 valence electrons. The van der Waals surface area contributed by atoms with E-state index in [1.807, 2.05) is 30.3 Å². The van der Waals surface area contributed by atoms with Gasteiger partial charge in [0.2, 0.25) is 0 Å². The average molecular weight is 312 g/mol. The van der Waals surface area contributed by atoms with Gasteiger partial charge in [0, 0.05) is 12.4 Å². The Bertz CT molecular complexity index is 648. The summed E-state index contributed by atoms with van der Waals surface area (Å²) in [6.45, 7) is 2.54. The van der Waals surface area contributed by atoms with Crippen molar-refractivity contribution in [3.05, 3.63) is 72.2 Å². The van der Waals surface area contributed by atoms with Crippen molar-refractivity contribution in [2.24, 2.45) is 0 Å². The van der Waals surface area contributed by atoms with Crippen LogP contribution in [0.5, 0.6) is 0 Å². The molecule has 0 fully saturated rings. The van der Waals surface area contributed by atoms with Crippen LogP contribution in [0, 0.1) is 0 Å². The number of carbonyl (C=O) groups excluding carboxylic acids is 2. The van der Waals surface area contributed by atoms with Gasteiger partial charge in [-0.05, 0) is 24.6 Å². The zero-order chi connectivity index (χ0) is 16.5. The molecule has 0 aliphatic carbocycles. The number of hydrogen-bond donors (Lipinski definition) is 1. The highest BCUT2D eigenvalue weighted by atomic mass is 16.5. The lowest BCUT2D eigenvalue weighted by Crippen LogP contribution is -2.25. The number of rotatable bonds is 7. The van der Waals surface area contributed by atoms with E-state index in [4.69, 9.17) is 4.74 Å². The summed E-state index contributed by atoms with van der Waals surface area (Å²) in [6, 6.07) is 13.2. The summed E-state index contributed by atoms with van der Waals surface area (Å²) in [7, 11) is 0. The molecule has 1 aromatic heterocycles. The SMILES string of the molecule is CCOC(=O)C/C=C/N(Cc1ccccc1)C(=O)c1ccc[nH]1. The maximum absolute atomic E-state index is 12.5. The van der Waals surface area contributed by atoms with Crippen molar-refractivity contribution in [3.63, 3.8) is 0 Å². The van der Waals surface area contributed by atoms with Crippen molar-refractivity contribution >= 4 is 11.9 Å². The second-order valence-electron chi connectivity index (χ2n) is 4.90. The van der Waals surface area contributed by atoms with Crippen LogP contribution >= 0.6 is 0 Å². The van der Waals surface area contributed by atoms with E-state index in [-0.39, 0.29) is 18.3 Å². The third kappa shape index (κ3) is 5.14. The molecule has 0 saturated carbocycles. The van der Waals surface area contributed by atoms with Gasteiger partial charge in [0.25, 0.3) is 5.91 Å². The molecule has 0 bridgehead atoms. The summed E-state index contributed by atoms with van der Waals surface area (Å²) < 4.78 is 4.87. The van der Waals surface area contributed by atoms with Crippen LogP contribution in [0.1, 0.15) is 29.4 Å². The van der Waals surface area contributed by atoms with Crippen molar-refractivity contribution in [1.82, 2.24) is 9.88 Å². The van der Waals surface area contributed by atoms with Crippen LogP contribution in [0.4, 0.5) is 0 Å². The van der Waals surface area contributed by atoms with Crippen LogP contribution in [0.3, 0.4) is 0 Å². The smallest absolute Gasteiger partial charge is 0.309 e. The number of carbonyl (C=O) groups is 2. The molecule has 0 unspecified atom stereocenters. The van der Waals surface area contributed by atoms with Gasteiger partial charge in [0.15, 0.2) is 0 Å². The van der Waals surface area contributed by atoms with Crippen LogP contribution in [0.25, 0.3) is 0 Å². The Morgan fingerprint density at radius 2 is 1.96 bits per heavy atom. The highest BCUT2D eigenvalue weighted by molar-refractivity contribution is 5.93. The summed E-state index contributed by atoms with van der Waals surface area (Å²) in [5.74, 6) is -0.463. The molecule has 0 spiro atoms. The molecule has 5 heteroatoms. The van der Waals surface area contributed by atoms with Gasteiger partial charge in [0.1, 0.15) is 5.69 Å². The van der Waals surface area contributed by atoms with Crippen LogP contribution in [-0.2, 0) is 16.1 Å². The van der Waals surface area contributed by atoms with Gasteiger partial charge in [-0.1, -0.05) is 36.4 Å². The molecule has 1 N–H and O–H groups in total. The monoisotopic (exact) mass is 312 g/mol. The fourth-order valence-corrected chi connectivity index (χ4v) is 2.09. The number of nitrogens with one attached hydrogen (secondary N) is 1. The van der Waals surface area contributed by atoms with Crippen molar-refractivity contribution < 1.29 is 14.3 Å². The number of H-pyrrole nitrogens is 1. The maximum Gasteiger partial charge on any atom is 0.309 e. The second-order valence-corrected chi connectivity index (χ2v) is 4.90. The molecule has 1 heterocycles. The molecule has 0 aliphatic rings. The van der Waals surface area contributed by atoms with Crippen molar-refractivity contribution in [1.29, 1.82) is 0 Å². The standard InChI is InChI=1S/C18H20N2O3/c1-2-23-17(21)11-7-13-20(14-15-8-4-3-5-9-15)18(22)16-10-6-12-19-16/h3-10,12-13,19H,2,11,14H2,1H3/b13-7+. The van der Waals surface area contributed by atoms with E-state index in [0.29, 0.717) is 18.8 Å². The molecule has 0 radical (unpaired) electrons. The minimum absolute atomic E-state index is 0.136. The Labute approximate surface area is 135 Å². The summed E-state index contributed by atoms with van der Waals surface area (Å²) in [6.07, 6.45) is 5.11. The minimum atomic E-state index is -0.310. The van der Waals surface area contributed by atoms with Crippen molar-refractivity contribution in [2.75, 3.05) is 6.61 Å².